The number of thioether (sulfide) groups is 1. The molecule has 0 unspecified atom stereocenters. The summed E-state index contributed by atoms with van der Waals surface area (Å²) < 4.78 is 0. The third-order valence-corrected chi connectivity index (χ3v) is 6.27. The Morgan fingerprint density at radius 3 is 2.71 bits per heavy atom. The monoisotopic (exact) mass is 404 g/mol. The average molecular weight is 404 g/mol. The van der Waals surface area contributed by atoms with Crippen molar-refractivity contribution in [1.82, 2.24) is 14.8 Å². The van der Waals surface area contributed by atoms with E-state index in [1.54, 1.807) is 31.5 Å². The van der Waals surface area contributed by atoms with Gasteiger partial charge in [-0.15, -0.1) is 11.8 Å². The van der Waals surface area contributed by atoms with E-state index in [1.165, 1.54) is 16.7 Å². The molecule has 1 aromatic rings. The normalized spacial score (nSPS) is 22.0. The number of hydrogen-bond acceptors (Lipinski definition) is 6. The molecule has 1 fully saturated rings. The van der Waals surface area contributed by atoms with E-state index in [9.17, 15) is 19.8 Å². The highest BCUT2D eigenvalue weighted by molar-refractivity contribution is 8.03. The molecule has 0 saturated carbocycles. The second-order valence-corrected chi connectivity index (χ2v) is 8.03. The Hall–Kier alpha value is -2.39. The van der Waals surface area contributed by atoms with Crippen LogP contribution < -0.4 is 0 Å². The molecule has 3 rings (SSSR count). The number of amides is 1. The molecule has 28 heavy (non-hydrogen) atoms. The van der Waals surface area contributed by atoms with Gasteiger partial charge in [0.15, 0.2) is 0 Å². The molecule has 1 saturated heterocycles. The van der Waals surface area contributed by atoms with E-state index < -0.39 is 18.0 Å². The van der Waals surface area contributed by atoms with Crippen molar-refractivity contribution in [2.24, 2.45) is 5.92 Å². The summed E-state index contributed by atoms with van der Waals surface area (Å²) in [5.41, 5.74) is 0.826. The second-order valence-electron chi connectivity index (χ2n) is 6.84. The zero-order chi connectivity index (χ0) is 20.4. The van der Waals surface area contributed by atoms with E-state index >= 15 is 0 Å². The van der Waals surface area contributed by atoms with Crippen LogP contribution in [0.5, 0.6) is 0 Å². The zero-order valence-corrected chi connectivity index (χ0v) is 16.6. The van der Waals surface area contributed by atoms with Gasteiger partial charge in [-0.2, -0.15) is 0 Å². The van der Waals surface area contributed by atoms with Crippen LogP contribution in [0.3, 0.4) is 0 Å². The van der Waals surface area contributed by atoms with Crippen molar-refractivity contribution in [3.8, 4) is 0 Å². The maximum absolute atomic E-state index is 12.2. The summed E-state index contributed by atoms with van der Waals surface area (Å²) in [6, 6.07) is 3.30. The maximum atomic E-state index is 12.2. The van der Waals surface area contributed by atoms with Crippen LogP contribution in [0.25, 0.3) is 0 Å². The molecular weight excluding hydrogens is 380 g/mol. The Balaban J connectivity index is 1.64. The molecule has 0 aliphatic carbocycles. The topological polar surface area (TPSA) is 118 Å². The number of pyridine rings is 1. The number of β-lactam (4-membered cyclic amide) rings is 1. The fourth-order valence-corrected chi connectivity index (χ4v) is 4.93. The van der Waals surface area contributed by atoms with Gasteiger partial charge < -0.3 is 20.0 Å². The van der Waals surface area contributed by atoms with Gasteiger partial charge in [-0.1, -0.05) is 0 Å². The van der Waals surface area contributed by atoms with Crippen LogP contribution >= 0.6 is 11.8 Å². The number of carbonyl (C=O) groups is 2. The number of amidine groups is 1. The number of aliphatic hydroxyl groups is 1. The fourth-order valence-electron chi connectivity index (χ4n) is 3.76. The first-order chi connectivity index (χ1) is 13.4. The number of rotatable bonds is 8. The molecule has 0 aromatic carbocycles. The zero-order valence-electron chi connectivity index (χ0n) is 15.8. The summed E-state index contributed by atoms with van der Waals surface area (Å²) in [6.07, 6.45) is 2.97. The fraction of sp³-hybridized carbons (Fsp3) is 0.474. The molecule has 3 atom stereocenters. The van der Waals surface area contributed by atoms with Crippen molar-refractivity contribution >= 4 is 29.5 Å². The van der Waals surface area contributed by atoms with Gasteiger partial charge in [0.1, 0.15) is 11.5 Å². The Kier molecular flexibility index (Phi) is 6.04. The molecule has 0 radical (unpaired) electrons. The lowest BCUT2D eigenvalue weighted by Gasteiger charge is -2.44. The van der Waals surface area contributed by atoms with Gasteiger partial charge in [-0.25, -0.2) is 4.79 Å². The highest BCUT2D eigenvalue weighted by Crippen LogP contribution is 2.46. The molecule has 0 spiro atoms. The van der Waals surface area contributed by atoms with E-state index in [0.717, 1.165) is 5.56 Å². The van der Waals surface area contributed by atoms with E-state index in [-0.39, 0.29) is 17.6 Å². The number of aromatic nitrogens is 1. The van der Waals surface area contributed by atoms with Crippen LogP contribution in [0, 0.1) is 11.3 Å². The molecule has 2 aliphatic rings. The van der Waals surface area contributed by atoms with E-state index in [0.29, 0.717) is 36.0 Å². The highest BCUT2D eigenvalue weighted by atomic mass is 32.2. The second kappa shape index (κ2) is 8.32. The van der Waals surface area contributed by atoms with Gasteiger partial charge in [-0.3, -0.25) is 15.2 Å². The van der Waals surface area contributed by atoms with Crippen molar-refractivity contribution in [2.45, 2.75) is 32.4 Å². The quantitative estimate of drug-likeness (QED) is 0.340. The number of carboxylic acids is 1. The standard InChI is InChI=1S/C19H24N4O4S/c1-3-22(17(20)12-4-6-21-7-5-12)8-9-28-14-10-13-15(11(2)24)18(25)23(13)16(14)19(26)27/h4-7,11,13,15,20,24H,3,8-10H2,1-2H3,(H,26,27)/t11-,13-,15-/m1/s1. The number of nitrogens with zero attached hydrogens (tertiary/aromatic N) is 3. The first-order valence-electron chi connectivity index (χ1n) is 9.21. The van der Waals surface area contributed by atoms with Gasteiger partial charge in [0, 0.05) is 48.1 Å². The van der Waals surface area contributed by atoms with Crippen molar-refractivity contribution in [2.75, 3.05) is 18.8 Å². The van der Waals surface area contributed by atoms with Crippen molar-refractivity contribution in [1.29, 1.82) is 5.41 Å². The summed E-state index contributed by atoms with van der Waals surface area (Å²) in [5.74, 6) is -0.958. The lowest BCUT2D eigenvalue weighted by Crippen LogP contribution is -2.61. The summed E-state index contributed by atoms with van der Waals surface area (Å²) in [6.45, 7) is 4.77. The molecule has 1 aromatic heterocycles. The van der Waals surface area contributed by atoms with Crippen LogP contribution in [-0.2, 0) is 9.59 Å². The Morgan fingerprint density at radius 1 is 1.46 bits per heavy atom. The molecule has 9 heteroatoms. The smallest absolute Gasteiger partial charge is 0.353 e. The molecule has 3 N–H and O–H groups in total. The minimum atomic E-state index is -1.11. The Bertz CT molecular complexity index is 811. The van der Waals surface area contributed by atoms with Gasteiger partial charge in [-0.05, 0) is 26.0 Å². The third kappa shape index (κ3) is 3.64. The average Bonchev–Trinajstić information content (AvgIpc) is 2.99. The third-order valence-electron chi connectivity index (χ3n) is 5.18. The minimum Gasteiger partial charge on any atom is -0.477 e. The highest BCUT2D eigenvalue weighted by Gasteiger charge is 2.56. The molecule has 150 valence electrons. The lowest BCUT2D eigenvalue weighted by molar-refractivity contribution is -0.161. The van der Waals surface area contributed by atoms with E-state index in [2.05, 4.69) is 4.98 Å². The number of aliphatic hydroxyl groups excluding tert-OH is 1. The van der Waals surface area contributed by atoms with Crippen LogP contribution in [0.4, 0.5) is 0 Å². The van der Waals surface area contributed by atoms with Gasteiger partial charge >= 0.3 is 5.97 Å². The first kappa shape index (κ1) is 20.3. The largest absolute Gasteiger partial charge is 0.477 e. The van der Waals surface area contributed by atoms with E-state index in [1.807, 2.05) is 11.8 Å². The van der Waals surface area contributed by atoms with Gasteiger partial charge in [0.05, 0.1) is 18.1 Å². The predicted octanol–water partition coefficient (Wildman–Crippen LogP) is 1.37. The van der Waals surface area contributed by atoms with Crippen LogP contribution in [0.15, 0.2) is 35.1 Å². The number of nitrogens with one attached hydrogen (secondary N) is 1. The Morgan fingerprint density at radius 2 is 2.14 bits per heavy atom. The maximum Gasteiger partial charge on any atom is 0.353 e. The SMILES string of the molecule is CCN(CCSC1=C(C(=O)O)N2C(=O)[C@H]([C@@H](C)O)[C@H]2C1)C(=N)c1ccncc1. The van der Waals surface area contributed by atoms with E-state index in [4.69, 9.17) is 5.41 Å². The van der Waals surface area contributed by atoms with Gasteiger partial charge in [0.2, 0.25) is 5.91 Å². The molecular formula is C19H24N4O4S. The summed E-state index contributed by atoms with van der Waals surface area (Å²) in [5, 5.41) is 27.7. The van der Waals surface area contributed by atoms with Crippen LogP contribution in [-0.4, -0.2) is 73.7 Å². The first-order valence-corrected chi connectivity index (χ1v) is 10.2. The summed E-state index contributed by atoms with van der Waals surface area (Å²) >= 11 is 1.41. The number of fused-ring (bicyclic) bond motifs is 1. The van der Waals surface area contributed by atoms with Gasteiger partial charge in [0.25, 0.3) is 0 Å². The van der Waals surface area contributed by atoms with Crippen molar-refractivity contribution in [3.63, 3.8) is 0 Å². The number of hydrogen-bond donors (Lipinski definition) is 3. The lowest BCUT2D eigenvalue weighted by atomic mass is 9.83. The number of aliphatic carboxylic acids is 1. The summed E-state index contributed by atoms with van der Waals surface area (Å²) in [4.78, 5) is 31.8. The van der Waals surface area contributed by atoms with Crippen molar-refractivity contribution < 1.29 is 19.8 Å². The molecule has 3 heterocycles. The number of carboxylic acid groups (broad SMARTS) is 1. The van der Waals surface area contributed by atoms with Crippen LogP contribution in [0.2, 0.25) is 0 Å². The molecule has 0 bridgehead atoms. The number of carbonyl (C=O) groups excluding carboxylic acids is 1. The predicted molar refractivity (Wildman–Crippen MR) is 106 cm³/mol. The molecule has 8 nitrogen and oxygen atoms in total. The van der Waals surface area contributed by atoms with Crippen molar-refractivity contribution in [3.05, 3.63) is 40.7 Å². The molecule has 2 aliphatic heterocycles. The summed E-state index contributed by atoms with van der Waals surface area (Å²) in [7, 11) is 0. The minimum absolute atomic E-state index is 0.0455. The van der Waals surface area contributed by atoms with Crippen LogP contribution in [0.1, 0.15) is 25.8 Å². The molecule has 1 amide bonds. The Labute approximate surface area is 167 Å².